The van der Waals surface area contributed by atoms with E-state index in [0.29, 0.717) is 23.2 Å². The highest BCUT2D eigenvalue weighted by molar-refractivity contribution is 6.33. The van der Waals surface area contributed by atoms with Crippen LogP contribution in [0.15, 0.2) is 115 Å². The van der Waals surface area contributed by atoms with E-state index in [1.807, 2.05) is 48.5 Å². The van der Waals surface area contributed by atoms with Gasteiger partial charge in [0.15, 0.2) is 0 Å². The van der Waals surface area contributed by atoms with Crippen molar-refractivity contribution in [2.24, 2.45) is 0 Å². The zero-order valence-electron chi connectivity index (χ0n) is 28.6. The topological polar surface area (TPSA) is 61.2 Å². The van der Waals surface area contributed by atoms with Gasteiger partial charge in [-0.25, -0.2) is 0 Å². The first-order valence-electron chi connectivity index (χ1n) is 18.1. The van der Waals surface area contributed by atoms with Crippen LogP contribution in [0, 0.1) is 11.3 Å². The normalized spacial score (nSPS) is 13.0. The van der Waals surface area contributed by atoms with Crippen molar-refractivity contribution < 1.29 is 9.59 Å². The third-order valence-electron chi connectivity index (χ3n) is 10.9. The Labute approximate surface area is 297 Å². The Morgan fingerprint density at radius 1 is 0.529 bits per heavy atom. The Morgan fingerprint density at radius 2 is 1.08 bits per heavy atom. The SMILES string of the molecule is CCCCCCCCN1C(=O)c2c(c(-c3ccc4ccccc4c3)c3c(c2-c2ccc4ccccc4c2)-c2cccc4c(C#N)ccc-3c24)C1=O. The average molecular weight is 661 g/mol. The number of benzene rings is 7. The van der Waals surface area contributed by atoms with Crippen LogP contribution in [0.4, 0.5) is 0 Å². The van der Waals surface area contributed by atoms with E-state index in [9.17, 15) is 14.9 Å². The molecule has 246 valence electrons. The molecule has 1 heterocycles. The number of carbonyl (C=O) groups is 2. The quantitative estimate of drug-likeness (QED) is 0.114. The fourth-order valence-electron chi connectivity index (χ4n) is 8.52. The maximum Gasteiger partial charge on any atom is 0.262 e. The third kappa shape index (κ3) is 4.80. The molecular formula is C47H36N2O2. The molecule has 2 aliphatic rings. The van der Waals surface area contributed by atoms with Crippen molar-refractivity contribution in [3.05, 3.63) is 132 Å². The molecule has 0 fully saturated rings. The summed E-state index contributed by atoms with van der Waals surface area (Å²) in [6.45, 7) is 2.60. The van der Waals surface area contributed by atoms with Gasteiger partial charge in [0.25, 0.3) is 11.8 Å². The van der Waals surface area contributed by atoms with E-state index < -0.39 is 0 Å². The molecule has 0 N–H and O–H groups in total. The van der Waals surface area contributed by atoms with Crippen molar-refractivity contribution >= 4 is 44.1 Å². The standard InChI is InChI=1S/C47H36N2O2/c1-2-3-4-5-6-11-25-49-46(50)44-39(33-21-19-29-13-7-9-15-31(29)26-33)42-37-18-12-17-36-35(28-48)23-24-38(41(36)37)43(42)40(45(44)47(49)51)34-22-20-30-14-8-10-16-32(30)27-34/h7-10,12-24,26-27H,2-6,11,25H2,1H3. The Bertz CT molecular complexity index is 2510. The number of imide groups is 1. The van der Waals surface area contributed by atoms with Gasteiger partial charge in [-0.15, -0.1) is 0 Å². The van der Waals surface area contributed by atoms with E-state index in [-0.39, 0.29) is 11.8 Å². The molecule has 0 radical (unpaired) electrons. The number of fused-ring (bicyclic) bond motifs is 6. The van der Waals surface area contributed by atoms with E-state index in [4.69, 9.17) is 0 Å². The second-order valence-corrected chi connectivity index (χ2v) is 13.9. The summed E-state index contributed by atoms with van der Waals surface area (Å²) in [6, 6.07) is 41.6. The van der Waals surface area contributed by atoms with E-state index in [1.54, 1.807) is 0 Å². The fourth-order valence-corrected chi connectivity index (χ4v) is 8.52. The lowest BCUT2D eigenvalue weighted by atomic mass is 9.80. The minimum absolute atomic E-state index is 0.225. The molecule has 2 amide bonds. The van der Waals surface area contributed by atoms with Crippen LogP contribution in [0.1, 0.15) is 71.7 Å². The number of amides is 2. The Hall–Kier alpha value is -6.05. The molecule has 1 aliphatic carbocycles. The highest BCUT2D eigenvalue weighted by Crippen LogP contribution is 2.58. The molecule has 51 heavy (non-hydrogen) atoms. The predicted octanol–water partition coefficient (Wildman–Crippen LogP) is 12.0. The lowest BCUT2D eigenvalue weighted by Crippen LogP contribution is -2.30. The summed E-state index contributed by atoms with van der Waals surface area (Å²) in [5.74, 6) is -0.449. The molecule has 7 aromatic rings. The molecule has 1 aliphatic heterocycles. The average Bonchev–Trinajstić information content (AvgIpc) is 3.63. The number of hydrogen-bond acceptors (Lipinski definition) is 3. The van der Waals surface area contributed by atoms with Crippen LogP contribution in [-0.4, -0.2) is 23.3 Å². The van der Waals surface area contributed by atoms with Crippen LogP contribution < -0.4 is 0 Å². The van der Waals surface area contributed by atoms with Crippen LogP contribution in [0.5, 0.6) is 0 Å². The summed E-state index contributed by atoms with van der Waals surface area (Å²) in [7, 11) is 0. The maximum atomic E-state index is 14.9. The molecule has 0 spiro atoms. The lowest BCUT2D eigenvalue weighted by molar-refractivity contribution is 0.0652. The summed E-state index contributed by atoms with van der Waals surface area (Å²) in [4.78, 5) is 31.3. The van der Waals surface area contributed by atoms with Gasteiger partial charge < -0.3 is 0 Å². The predicted molar refractivity (Wildman–Crippen MR) is 208 cm³/mol. The molecule has 4 nitrogen and oxygen atoms in total. The van der Waals surface area contributed by atoms with E-state index >= 15 is 0 Å². The third-order valence-corrected chi connectivity index (χ3v) is 10.9. The summed E-state index contributed by atoms with van der Waals surface area (Å²) in [6.07, 6.45) is 6.41. The van der Waals surface area contributed by atoms with Crippen molar-refractivity contribution in [2.75, 3.05) is 6.54 Å². The van der Waals surface area contributed by atoms with Crippen molar-refractivity contribution in [1.82, 2.24) is 4.90 Å². The number of nitriles is 1. The zero-order valence-corrected chi connectivity index (χ0v) is 28.6. The number of nitrogens with zero attached hydrogens (tertiary/aromatic N) is 2. The first kappa shape index (κ1) is 31.0. The number of carbonyl (C=O) groups excluding carboxylic acids is 2. The monoisotopic (exact) mass is 660 g/mol. The molecule has 7 aromatic carbocycles. The molecule has 0 saturated heterocycles. The second kappa shape index (κ2) is 12.4. The van der Waals surface area contributed by atoms with Crippen LogP contribution >= 0.6 is 0 Å². The molecule has 0 saturated carbocycles. The highest BCUT2D eigenvalue weighted by Gasteiger charge is 2.44. The van der Waals surface area contributed by atoms with Crippen LogP contribution in [0.3, 0.4) is 0 Å². The van der Waals surface area contributed by atoms with Gasteiger partial charge in [0, 0.05) is 23.1 Å². The van der Waals surface area contributed by atoms with E-state index in [0.717, 1.165) is 96.1 Å². The summed E-state index contributed by atoms with van der Waals surface area (Å²) in [5.41, 5.74) is 8.82. The first-order valence-corrected chi connectivity index (χ1v) is 18.1. The number of rotatable bonds is 9. The molecular weight excluding hydrogens is 625 g/mol. The van der Waals surface area contributed by atoms with Gasteiger partial charge in [0.2, 0.25) is 0 Å². The molecule has 0 aromatic heterocycles. The van der Waals surface area contributed by atoms with Gasteiger partial charge in [-0.1, -0.05) is 136 Å². The number of hydrogen-bond donors (Lipinski definition) is 0. The van der Waals surface area contributed by atoms with Gasteiger partial charge >= 0.3 is 0 Å². The van der Waals surface area contributed by atoms with Crippen LogP contribution in [-0.2, 0) is 0 Å². The Balaban J connectivity index is 1.37. The first-order chi connectivity index (χ1) is 25.1. The van der Waals surface area contributed by atoms with Gasteiger partial charge in [-0.2, -0.15) is 5.26 Å². The Kier molecular flexibility index (Phi) is 7.51. The smallest absolute Gasteiger partial charge is 0.262 e. The summed E-state index contributed by atoms with van der Waals surface area (Å²) < 4.78 is 0. The Morgan fingerprint density at radius 3 is 1.67 bits per heavy atom. The van der Waals surface area contributed by atoms with Gasteiger partial charge in [-0.05, 0) is 84.9 Å². The maximum absolute atomic E-state index is 14.9. The van der Waals surface area contributed by atoms with Gasteiger partial charge in [-0.3, -0.25) is 14.5 Å². The van der Waals surface area contributed by atoms with Crippen molar-refractivity contribution in [3.8, 4) is 50.6 Å². The highest BCUT2D eigenvalue weighted by atomic mass is 16.2. The zero-order chi connectivity index (χ0) is 34.6. The molecule has 0 bridgehead atoms. The van der Waals surface area contributed by atoms with Crippen molar-refractivity contribution in [2.45, 2.75) is 45.4 Å². The summed E-state index contributed by atoms with van der Waals surface area (Å²) in [5, 5.41) is 16.4. The molecule has 0 atom stereocenters. The fraction of sp³-hybridized carbons (Fsp3) is 0.170. The molecule has 9 rings (SSSR count). The van der Waals surface area contributed by atoms with Crippen molar-refractivity contribution in [3.63, 3.8) is 0 Å². The van der Waals surface area contributed by atoms with Gasteiger partial charge in [0.1, 0.15) is 0 Å². The lowest BCUT2D eigenvalue weighted by Gasteiger charge is -2.20. The van der Waals surface area contributed by atoms with E-state index in [2.05, 4.69) is 79.7 Å². The minimum atomic E-state index is -0.225. The molecule has 4 heteroatoms. The van der Waals surface area contributed by atoms with Crippen LogP contribution in [0.2, 0.25) is 0 Å². The van der Waals surface area contributed by atoms with Crippen LogP contribution in [0.25, 0.3) is 76.8 Å². The number of unbranched alkanes of at least 4 members (excludes halogenated alkanes) is 5. The largest absolute Gasteiger partial charge is 0.274 e. The second-order valence-electron chi connectivity index (χ2n) is 13.9. The van der Waals surface area contributed by atoms with E-state index in [1.165, 1.54) is 24.2 Å². The van der Waals surface area contributed by atoms with Gasteiger partial charge in [0.05, 0.1) is 22.8 Å². The van der Waals surface area contributed by atoms with Crippen molar-refractivity contribution in [1.29, 1.82) is 5.26 Å². The molecule has 0 unspecified atom stereocenters. The summed E-state index contributed by atoms with van der Waals surface area (Å²) >= 11 is 0. The minimum Gasteiger partial charge on any atom is -0.274 e.